The molecule has 1 N–H and O–H groups in total. The zero-order valence-corrected chi connectivity index (χ0v) is 11.6. The minimum absolute atomic E-state index is 0.106. The highest BCUT2D eigenvalue weighted by atomic mass is 16.5. The van der Waals surface area contributed by atoms with Gasteiger partial charge in [0.25, 0.3) is 0 Å². The van der Waals surface area contributed by atoms with Crippen LogP contribution in [0.25, 0.3) is 0 Å². The van der Waals surface area contributed by atoms with E-state index in [1.807, 2.05) is 0 Å². The fourth-order valence-electron chi connectivity index (χ4n) is 1.39. The smallest absolute Gasteiger partial charge is 0.341 e. The van der Waals surface area contributed by atoms with E-state index >= 15 is 0 Å². The molecule has 5 nitrogen and oxygen atoms in total. The second kappa shape index (κ2) is 5.33. The highest BCUT2D eigenvalue weighted by Gasteiger charge is 2.19. The number of hydrogen-bond donors (Lipinski definition) is 1. The number of aromatic carboxylic acids is 1. The van der Waals surface area contributed by atoms with Crippen molar-refractivity contribution >= 4 is 5.97 Å². The number of rotatable bonds is 4. The topological polar surface area (TPSA) is 72.3 Å². The number of ether oxygens (including phenoxy) is 1. The zero-order valence-electron chi connectivity index (χ0n) is 11.6. The highest BCUT2D eigenvalue weighted by molar-refractivity contribution is 5.91. The molecule has 0 saturated carbocycles. The molecule has 0 amide bonds. The second-order valence-corrected chi connectivity index (χ2v) is 5.55. The van der Waals surface area contributed by atoms with Crippen LogP contribution in [0.5, 0.6) is 5.88 Å². The van der Waals surface area contributed by atoms with Crippen molar-refractivity contribution in [2.45, 2.75) is 41.0 Å². The molecule has 1 aromatic heterocycles. The average molecular weight is 252 g/mol. The van der Waals surface area contributed by atoms with Gasteiger partial charge in [-0.2, -0.15) is 5.10 Å². The molecule has 0 atom stereocenters. The van der Waals surface area contributed by atoms with Gasteiger partial charge in [0, 0.05) is 0 Å². The van der Waals surface area contributed by atoms with Gasteiger partial charge in [-0.05, 0) is 31.2 Å². The van der Waals surface area contributed by atoms with Crippen LogP contribution in [0.4, 0.5) is 0 Å². The van der Waals surface area contributed by atoms with Crippen molar-refractivity contribution in [2.75, 3.05) is 6.61 Å². The van der Waals surface area contributed by atoms with E-state index in [2.05, 4.69) is 31.0 Å². The van der Waals surface area contributed by atoms with Crippen LogP contribution in [-0.2, 0) is 0 Å². The van der Waals surface area contributed by atoms with Crippen molar-refractivity contribution in [1.29, 1.82) is 0 Å². The van der Waals surface area contributed by atoms with E-state index in [1.165, 1.54) is 0 Å². The first-order valence-electron chi connectivity index (χ1n) is 5.92. The summed E-state index contributed by atoms with van der Waals surface area (Å²) in [6, 6.07) is 0. The minimum atomic E-state index is -1.03. The third-order valence-electron chi connectivity index (χ3n) is 2.73. The summed E-state index contributed by atoms with van der Waals surface area (Å²) in [5.41, 5.74) is 1.45. The molecule has 100 valence electrons. The number of carboxylic acid groups (broad SMARTS) is 1. The SMILES string of the molecule is Cc1nnc(OCCC(C)(C)C)c(C(=O)O)c1C. The number of nitrogens with zero attached hydrogens (tertiary/aromatic N) is 2. The summed E-state index contributed by atoms with van der Waals surface area (Å²) in [5, 5.41) is 16.9. The molecule has 0 radical (unpaired) electrons. The molecule has 0 aliphatic rings. The first-order chi connectivity index (χ1) is 8.22. The first kappa shape index (κ1) is 14.4. The van der Waals surface area contributed by atoms with E-state index in [9.17, 15) is 9.90 Å². The summed E-state index contributed by atoms with van der Waals surface area (Å²) < 4.78 is 5.46. The predicted molar refractivity (Wildman–Crippen MR) is 68.0 cm³/mol. The monoisotopic (exact) mass is 252 g/mol. The highest BCUT2D eigenvalue weighted by Crippen LogP contribution is 2.23. The zero-order chi connectivity index (χ0) is 13.9. The summed E-state index contributed by atoms with van der Waals surface area (Å²) >= 11 is 0. The minimum Gasteiger partial charge on any atom is -0.477 e. The summed E-state index contributed by atoms with van der Waals surface area (Å²) in [4.78, 5) is 11.2. The number of hydrogen-bond acceptors (Lipinski definition) is 4. The third-order valence-corrected chi connectivity index (χ3v) is 2.73. The Morgan fingerprint density at radius 3 is 2.39 bits per heavy atom. The summed E-state index contributed by atoms with van der Waals surface area (Å²) in [5.74, 6) is -0.925. The van der Waals surface area contributed by atoms with E-state index in [1.54, 1.807) is 13.8 Å². The molecule has 1 heterocycles. The average Bonchev–Trinajstić information content (AvgIpc) is 2.21. The first-order valence-corrected chi connectivity index (χ1v) is 5.92. The van der Waals surface area contributed by atoms with Crippen LogP contribution in [0.3, 0.4) is 0 Å². The normalized spacial score (nSPS) is 11.4. The lowest BCUT2D eigenvalue weighted by atomic mass is 9.93. The number of aryl methyl sites for hydroxylation is 1. The number of aromatic nitrogens is 2. The van der Waals surface area contributed by atoms with Gasteiger partial charge in [-0.3, -0.25) is 0 Å². The van der Waals surface area contributed by atoms with Crippen LogP contribution in [0.15, 0.2) is 0 Å². The van der Waals surface area contributed by atoms with Crippen molar-refractivity contribution < 1.29 is 14.6 Å². The van der Waals surface area contributed by atoms with E-state index in [4.69, 9.17) is 4.74 Å². The van der Waals surface area contributed by atoms with Crippen LogP contribution in [0.1, 0.15) is 48.8 Å². The van der Waals surface area contributed by atoms with Crippen LogP contribution in [0.2, 0.25) is 0 Å². The summed E-state index contributed by atoms with van der Waals surface area (Å²) in [7, 11) is 0. The summed E-state index contributed by atoms with van der Waals surface area (Å²) in [6.45, 7) is 10.2. The maximum absolute atomic E-state index is 11.2. The fourth-order valence-corrected chi connectivity index (χ4v) is 1.39. The van der Waals surface area contributed by atoms with Crippen LogP contribution < -0.4 is 4.74 Å². The molecular formula is C13H20N2O3. The number of carbonyl (C=O) groups is 1. The standard InChI is InChI=1S/C13H20N2O3/c1-8-9(2)14-15-11(10(8)12(16)17)18-7-6-13(3,4)5/h6-7H2,1-5H3,(H,16,17). The molecule has 1 aromatic rings. The van der Waals surface area contributed by atoms with Gasteiger partial charge >= 0.3 is 5.97 Å². The van der Waals surface area contributed by atoms with Crippen molar-refractivity contribution in [1.82, 2.24) is 10.2 Å². The Balaban J connectivity index is 2.89. The molecule has 0 saturated heterocycles. The van der Waals surface area contributed by atoms with E-state index < -0.39 is 5.97 Å². The molecule has 0 aliphatic carbocycles. The molecule has 0 aliphatic heterocycles. The summed E-state index contributed by atoms with van der Waals surface area (Å²) in [6.07, 6.45) is 0.820. The lowest BCUT2D eigenvalue weighted by Gasteiger charge is -2.18. The van der Waals surface area contributed by atoms with E-state index in [0.29, 0.717) is 17.9 Å². The van der Waals surface area contributed by atoms with Gasteiger partial charge in [-0.25, -0.2) is 4.79 Å². The Kier molecular flexibility index (Phi) is 4.27. The van der Waals surface area contributed by atoms with Gasteiger partial charge in [0.1, 0.15) is 5.56 Å². The van der Waals surface area contributed by atoms with Gasteiger partial charge in [-0.1, -0.05) is 20.8 Å². The van der Waals surface area contributed by atoms with Gasteiger partial charge < -0.3 is 9.84 Å². The Bertz CT molecular complexity index is 450. The lowest BCUT2D eigenvalue weighted by Crippen LogP contribution is -2.15. The lowest BCUT2D eigenvalue weighted by molar-refractivity contribution is 0.0689. The van der Waals surface area contributed by atoms with Gasteiger partial charge in [-0.15, -0.1) is 5.10 Å². The number of carboxylic acids is 1. The van der Waals surface area contributed by atoms with Crippen LogP contribution >= 0.6 is 0 Å². The van der Waals surface area contributed by atoms with Crippen LogP contribution in [-0.4, -0.2) is 27.9 Å². The quantitative estimate of drug-likeness (QED) is 0.891. The molecule has 5 heteroatoms. The van der Waals surface area contributed by atoms with Crippen molar-refractivity contribution in [2.24, 2.45) is 5.41 Å². The molecule has 0 spiro atoms. The van der Waals surface area contributed by atoms with E-state index in [0.717, 1.165) is 6.42 Å². The Hall–Kier alpha value is -1.65. The predicted octanol–water partition coefficient (Wildman–Crippen LogP) is 2.61. The Labute approximate surface area is 107 Å². The second-order valence-electron chi connectivity index (χ2n) is 5.55. The third kappa shape index (κ3) is 3.68. The van der Waals surface area contributed by atoms with Gasteiger partial charge in [0.2, 0.25) is 5.88 Å². The largest absolute Gasteiger partial charge is 0.477 e. The Morgan fingerprint density at radius 1 is 1.28 bits per heavy atom. The molecule has 0 aromatic carbocycles. The Morgan fingerprint density at radius 2 is 1.89 bits per heavy atom. The van der Waals surface area contributed by atoms with Gasteiger partial charge in [0.15, 0.2) is 0 Å². The van der Waals surface area contributed by atoms with Crippen molar-refractivity contribution in [3.8, 4) is 5.88 Å². The molecule has 0 unspecified atom stereocenters. The van der Waals surface area contributed by atoms with Gasteiger partial charge in [0.05, 0.1) is 12.3 Å². The molecule has 0 bridgehead atoms. The van der Waals surface area contributed by atoms with E-state index in [-0.39, 0.29) is 16.9 Å². The molecule has 1 rings (SSSR count). The van der Waals surface area contributed by atoms with Crippen molar-refractivity contribution in [3.63, 3.8) is 0 Å². The maximum Gasteiger partial charge on any atom is 0.341 e. The van der Waals surface area contributed by atoms with Crippen LogP contribution in [0, 0.1) is 19.3 Å². The molecule has 0 fully saturated rings. The van der Waals surface area contributed by atoms with Crippen molar-refractivity contribution in [3.05, 3.63) is 16.8 Å². The fraction of sp³-hybridized carbons (Fsp3) is 0.615. The molecule has 18 heavy (non-hydrogen) atoms. The maximum atomic E-state index is 11.2. The molecular weight excluding hydrogens is 232 g/mol.